The van der Waals surface area contributed by atoms with E-state index in [9.17, 15) is 19.0 Å². The lowest BCUT2D eigenvalue weighted by Gasteiger charge is -2.35. The Labute approximate surface area is 92.5 Å². The Morgan fingerprint density at radius 3 is 2.38 bits per heavy atom. The molecule has 4 heteroatoms. The molecule has 0 unspecified atom stereocenters. The van der Waals surface area contributed by atoms with Crippen LogP contribution in [0, 0.1) is 5.92 Å². The molecular weight excluding hydrogens is 214 g/mol. The van der Waals surface area contributed by atoms with E-state index in [1.54, 1.807) is 12.1 Å². The highest BCUT2D eigenvalue weighted by molar-refractivity contribution is 5.43. The van der Waals surface area contributed by atoms with Crippen LogP contribution in [0.15, 0.2) is 24.3 Å². The van der Waals surface area contributed by atoms with Crippen LogP contribution in [0.5, 0.6) is 0 Å². The standard InChI is InChI=1S/C12H14F2O2/c1-7(2)11(16)9-6-4-3-5-8(9)10(15)12(11,13)14/h3-7,10,15-16H,1-2H3/t10-,11-/m0/s1. The van der Waals surface area contributed by atoms with E-state index in [1.807, 2.05) is 0 Å². The summed E-state index contributed by atoms with van der Waals surface area (Å²) < 4.78 is 27.9. The van der Waals surface area contributed by atoms with E-state index in [1.165, 1.54) is 26.0 Å². The molecule has 0 radical (unpaired) electrons. The maximum absolute atomic E-state index is 13.9. The Balaban J connectivity index is 2.70. The minimum Gasteiger partial charge on any atom is -0.382 e. The fourth-order valence-electron chi connectivity index (χ4n) is 2.36. The van der Waals surface area contributed by atoms with Crippen LogP contribution in [0.3, 0.4) is 0 Å². The van der Waals surface area contributed by atoms with Gasteiger partial charge in [0.2, 0.25) is 0 Å². The van der Waals surface area contributed by atoms with Gasteiger partial charge in [-0.1, -0.05) is 38.1 Å². The molecule has 2 N–H and O–H groups in total. The molecule has 2 nitrogen and oxygen atoms in total. The zero-order chi connectivity index (χ0) is 12.1. The van der Waals surface area contributed by atoms with Crippen molar-refractivity contribution >= 4 is 0 Å². The first kappa shape index (κ1) is 11.5. The predicted octanol–water partition coefficient (Wildman–Crippen LogP) is 2.21. The van der Waals surface area contributed by atoms with Crippen molar-refractivity contribution in [3.8, 4) is 0 Å². The van der Waals surface area contributed by atoms with Crippen LogP contribution in [0.1, 0.15) is 31.1 Å². The van der Waals surface area contributed by atoms with Gasteiger partial charge in [-0.2, -0.15) is 8.78 Å². The Hall–Kier alpha value is -1.00. The largest absolute Gasteiger partial charge is 0.382 e. The van der Waals surface area contributed by atoms with Crippen LogP contribution in [-0.4, -0.2) is 16.1 Å². The monoisotopic (exact) mass is 228 g/mol. The molecule has 0 bridgehead atoms. The molecule has 2 rings (SSSR count). The lowest BCUT2D eigenvalue weighted by molar-refractivity contribution is -0.240. The highest BCUT2D eigenvalue weighted by Gasteiger charge is 2.66. The van der Waals surface area contributed by atoms with E-state index in [-0.39, 0.29) is 11.1 Å². The molecule has 88 valence electrons. The van der Waals surface area contributed by atoms with Crippen molar-refractivity contribution < 1.29 is 19.0 Å². The average Bonchev–Trinajstić information content (AvgIpc) is 2.40. The number of benzene rings is 1. The molecule has 1 aromatic rings. The molecule has 0 saturated heterocycles. The quantitative estimate of drug-likeness (QED) is 0.773. The molecule has 0 amide bonds. The third-order valence-electron chi connectivity index (χ3n) is 3.35. The lowest BCUT2D eigenvalue weighted by Crippen LogP contribution is -2.47. The zero-order valence-corrected chi connectivity index (χ0v) is 9.11. The van der Waals surface area contributed by atoms with E-state index in [2.05, 4.69) is 0 Å². The van der Waals surface area contributed by atoms with E-state index < -0.39 is 23.5 Å². The molecule has 0 fully saturated rings. The molecule has 1 aliphatic rings. The summed E-state index contributed by atoms with van der Waals surface area (Å²) in [6, 6.07) is 6.03. The van der Waals surface area contributed by atoms with Crippen molar-refractivity contribution in [1.29, 1.82) is 0 Å². The zero-order valence-electron chi connectivity index (χ0n) is 9.11. The first-order valence-electron chi connectivity index (χ1n) is 5.21. The predicted molar refractivity (Wildman–Crippen MR) is 55.1 cm³/mol. The Morgan fingerprint density at radius 2 is 1.81 bits per heavy atom. The molecule has 1 aromatic carbocycles. The second-order valence-electron chi connectivity index (χ2n) is 4.53. The molecule has 16 heavy (non-hydrogen) atoms. The Kier molecular flexibility index (Phi) is 2.33. The van der Waals surface area contributed by atoms with Gasteiger partial charge in [0.25, 0.3) is 0 Å². The van der Waals surface area contributed by atoms with Gasteiger partial charge in [0.15, 0.2) is 5.60 Å². The summed E-state index contributed by atoms with van der Waals surface area (Å²) in [5.74, 6) is -4.23. The molecule has 0 aliphatic heterocycles. The third kappa shape index (κ3) is 1.11. The van der Waals surface area contributed by atoms with Crippen LogP contribution in [0.4, 0.5) is 8.78 Å². The summed E-state index contributed by atoms with van der Waals surface area (Å²) in [6.07, 6.45) is -1.93. The fourth-order valence-corrected chi connectivity index (χ4v) is 2.36. The van der Waals surface area contributed by atoms with Crippen molar-refractivity contribution in [3.05, 3.63) is 35.4 Å². The maximum atomic E-state index is 13.9. The SMILES string of the molecule is CC(C)[C@]1(O)c2ccccc2[C@H](O)C1(F)F. The third-order valence-corrected chi connectivity index (χ3v) is 3.35. The summed E-state index contributed by atoms with van der Waals surface area (Å²) in [4.78, 5) is 0. The maximum Gasteiger partial charge on any atom is 0.309 e. The van der Waals surface area contributed by atoms with Crippen molar-refractivity contribution in [2.24, 2.45) is 5.92 Å². The van der Waals surface area contributed by atoms with Crippen LogP contribution in [-0.2, 0) is 5.60 Å². The minimum absolute atomic E-state index is 0.115. The summed E-state index contributed by atoms with van der Waals surface area (Å²) in [7, 11) is 0. The van der Waals surface area contributed by atoms with Crippen LogP contribution in [0.2, 0.25) is 0 Å². The summed E-state index contributed by atoms with van der Waals surface area (Å²) in [5, 5.41) is 19.8. The van der Waals surface area contributed by atoms with Gasteiger partial charge in [0, 0.05) is 0 Å². The Bertz CT molecular complexity index is 417. The van der Waals surface area contributed by atoms with Crippen LogP contribution in [0.25, 0.3) is 0 Å². The van der Waals surface area contributed by atoms with E-state index in [0.29, 0.717) is 0 Å². The average molecular weight is 228 g/mol. The van der Waals surface area contributed by atoms with Crippen molar-refractivity contribution in [2.75, 3.05) is 0 Å². The van der Waals surface area contributed by atoms with Gasteiger partial charge >= 0.3 is 5.92 Å². The molecule has 0 heterocycles. The second kappa shape index (κ2) is 3.25. The molecule has 0 spiro atoms. The number of rotatable bonds is 1. The number of aliphatic hydroxyl groups is 2. The number of fused-ring (bicyclic) bond motifs is 1. The van der Waals surface area contributed by atoms with Crippen molar-refractivity contribution in [1.82, 2.24) is 0 Å². The summed E-state index contributed by atoms with van der Waals surface area (Å²) in [5.41, 5.74) is -2.05. The molecule has 0 saturated carbocycles. The van der Waals surface area contributed by atoms with Gasteiger partial charge in [-0.3, -0.25) is 0 Å². The minimum atomic E-state index is -3.55. The van der Waals surface area contributed by atoms with Gasteiger partial charge < -0.3 is 10.2 Å². The number of hydrogen-bond donors (Lipinski definition) is 2. The van der Waals surface area contributed by atoms with Gasteiger partial charge in [-0.15, -0.1) is 0 Å². The number of alkyl halides is 2. The van der Waals surface area contributed by atoms with E-state index >= 15 is 0 Å². The highest BCUT2D eigenvalue weighted by Crippen LogP contribution is 2.57. The van der Waals surface area contributed by atoms with E-state index in [4.69, 9.17) is 0 Å². The molecule has 2 atom stereocenters. The van der Waals surface area contributed by atoms with Gasteiger partial charge in [0.05, 0.1) is 0 Å². The number of halogens is 2. The highest BCUT2D eigenvalue weighted by atomic mass is 19.3. The molecular formula is C12H14F2O2. The number of aliphatic hydroxyl groups excluding tert-OH is 1. The van der Waals surface area contributed by atoms with E-state index in [0.717, 1.165) is 0 Å². The van der Waals surface area contributed by atoms with Crippen LogP contribution < -0.4 is 0 Å². The van der Waals surface area contributed by atoms with Gasteiger partial charge in [0.1, 0.15) is 6.10 Å². The number of hydrogen-bond acceptors (Lipinski definition) is 2. The first-order chi connectivity index (χ1) is 7.33. The molecule has 1 aliphatic carbocycles. The fraction of sp³-hybridized carbons (Fsp3) is 0.500. The summed E-state index contributed by atoms with van der Waals surface area (Å²) in [6.45, 7) is 3.03. The second-order valence-corrected chi connectivity index (χ2v) is 4.53. The normalized spacial score (nSPS) is 31.8. The topological polar surface area (TPSA) is 40.5 Å². The Morgan fingerprint density at radius 1 is 1.25 bits per heavy atom. The summed E-state index contributed by atoms with van der Waals surface area (Å²) >= 11 is 0. The van der Waals surface area contributed by atoms with Crippen molar-refractivity contribution in [3.63, 3.8) is 0 Å². The van der Waals surface area contributed by atoms with Gasteiger partial charge in [-0.25, -0.2) is 0 Å². The smallest absolute Gasteiger partial charge is 0.309 e. The lowest BCUT2D eigenvalue weighted by atomic mass is 9.82. The first-order valence-corrected chi connectivity index (χ1v) is 5.21. The van der Waals surface area contributed by atoms with Gasteiger partial charge in [-0.05, 0) is 17.0 Å². The van der Waals surface area contributed by atoms with Crippen molar-refractivity contribution in [2.45, 2.75) is 31.5 Å². The molecule has 0 aromatic heterocycles. The van der Waals surface area contributed by atoms with Crippen LogP contribution >= 0.6 is 0 Å².